The molecule has 3 heteroatoms. The second-order valence-electron chi connectivity index (χ2n) is 8.26. The van der Waals surface area contributed by atoms with Crippen molar-refractivity contribution < 1.29 is 4.42 Å². The molecule has 0 fully saturated rings. The van der Waals surface area contributed by atoms with Gasteiger partial charge in [0.05, 0.1) is 0 Å². The van der Waals surface area contributed by atoms with Crippen LogP contribution >= 0.6 is 11.3 Å². The van der Waals surface area contributed by atoms with Crippen LogP contribution in [0.25, 0.3) is 53.2 Å². The highest BCUT2D eigenvalue weighted by Gasteiger charge is 2.12. The van der Waals surface area contributed by atoms with Crippen LogP contribution < -0.4 is 5.32 Å². The second-order valence-corrected chi connectivity index (χ2v) is 9.34. The van der Waals surface area contributed by atoms with Gasteiger partial charge < -0.3 is 9.73 Å². The summed E-state index contributed by atoms with van der Waals surface area (Å²) in [5, 5.41) is 8.54. The van der Waals surface area contributed by atoms with Crippen molar-refractivity contribution in [1.29, 1.82) is 0 Å². The average Bonchev–Trinajstić information content (AvgIpc) is 3.43. The third-order valence-electron chi connectivity index (χ3n) is 6.28. The zero-order valence-corrected chi connectivity index (χ0v) is 18.5. The molecule has 2 aromatic heterocycles. The van der Waals surface area contributed by atoms with Crippen molar-refractivity contribution in [2.24, 2.45) is 0 Å². The molecule has 7 aromatic rings. The van der Waals surface area contributed by atoms with Crippen molar-refractivity contribution in [1.82, 2.24) is 0 Å². The molecule has 0 saturated carbocycles. The summed E-state index contributed by atoms with van der Waals surface area (Å²) >= 11 is 1.84. The van der Waals surface area contributed by atoms with Crippen LogP contribution in [0.5, 0.6) is 0 Å². The summed E-state index contributed by atoms with van der Waals surface area (Å²) < 4.78 is 8.85. The Labute approximate surface area is 194 Å². The maximum absolute atomic E-state index is 6.23. The molecule has 0 radical (unpaired) electrons. The fourth-order valence-corrected chi connectivity index (χ4v) is 5.87. The highest BCUT2D eigenvalue weighted by Crippen LogP contribution is 2.40. The molecule has 0 aliphatic rings. The van der Waals surface area contributed by atoms with E-state index >= 15 is 0 Å². The number of furan rings is 1. The Morgan fingerprint density at radius 1 is 0.576 bits per heavy atom. The predicted molar refractivity (Wildman–Crippen MR) is 142 cm³/mol. The predicted octanol–water partition coefficient (Wildman–Crippen LogP) is 9.36. The van der Waals surface area contributed by atoms with Gasteiger partial charge in [-0.25, -0.2) is 0 Å². The van der Waals surface area contributed by atoms with Gasteiger partial charge in [-0.05, 0) is 42.0 Å². The minimum Gasteiger partial charge on any atom is -0.455 e. The molecular weight excluding hydrogens is 422 g/mol. The summed E-state index contributed by atoms with van der Waals surface area (Å²) in [6.45, 7) is 0. The van der Waals surface area contributed by atoms with Crippen molar-refractivity contribution >= 4 is 64.8 Å². The highest BCUT2D eigenvalue weighted by atomic mass is 32.1. The summed E-state index contributed by atoms with van der Waals surface area (Å²) in [5.74, 6) is 0. The number of hydrogen-bond acceptors (Lipinski definition) is 3. The van der Waals surface area contributed by atoms with E-state index in [4.69, 9.17) is 4.42 Å². The normalized spacial score (nSPS) is 11.6. The monoisotopic (exact) mass is 441 g/mol. The van der Waals surface area contributed by atoms with E-state index in [2.05, 4.69) is 102 Å². The fourth-order valence-electron chi connectivity index (χ4n) is 4.74. The molecule has 0 aliphatic heterocycles. The number of para-hydroxylation sites is 2. The SMILES string of the molecule is c1ccc2c(c1)oc1c(-c3ccc(Nc4cccc5sc6ccccc6c45)cc3)cccc12. The summed E-state index contributed by atoms with van der Waals surface area (Å²) in [4.78, 5) is 0. The van der Waals surface area contributed by atoms with Gasteiger partial charge in [-0.1, -0.05) is 72.8 Å². The lowest BCUT2D eigenvalue weighted by molar-refractivity contribution is 0.670. The first-order chi connectivity index (χ1) is 16.3. The van der Waals surface area contributed by atoms with Gasteiger partial charge in [0.1, 0.15) is 11.2 Å². The lowest BCUT2D eigenvalue weighted by Crippen LogP contribution is -1.91. The molecule has 7 rings (SSSR count). The fraction of sp³-hybridized carbons (Fsp3) is 0. The molecular formula is C30H19NOS. The summed E-state index contributed by atoms with van der Waals surface area (Å²) in [6.07, 6.45) is 0. The quantitative estimate of drug-likeness (QED) is 0.295. The van der Waals surface area contributed by atoms with E-state index in [0.717, 1.165) is 44.4 Å². The van der Waals surface area contributed by atoms with E-state index < -0.39 is 0 Å². The summed E-state index contributed by atoms with van der Waals surface area (Å²) in [6, 6.07) is 38.3. The summed E-state index contributed by atoms with van der Waals surface area (Å²) in [7, 11) is 0. The van der Waals surface area contributed by atoms with Crippen LogP contribution in [-0.2, 0) is 0 Å². The maximum Gasteiger partial charge on any atom is 0.143 e. The average molecular weight is 442 g/mol. The zero-order valence-electron chi connectivity index (χ0n) is 17.7. The Hall–Kier alpha value is -4.08. The molecule has 1 N–H and O–H groups in total. The Bertz CT molecular complexity index is 1790. The molecule has 33 heavy (non-hydrogen) atoms. The Morgan fingerprint density at radius 2 is 1.30 bits per heavy atom. The van der Waals surface area contributed by atoms with E-state index in [1.54, 1.807) is 0 Å². The molecule has 0 spiro atoms. The molecule has 5 aromatic carbocycles. The van der Waals surface area contributed by atoms with Crippen molar-refractivity contribution in [3.8, 4) is 11.1 Å². The van der Waals surface area contributed by atoms with Gasteiger partial charge in [0.2, 0.25) is 0 Å². The van der Waals surface area contributed by atoms with Crippen LogP contribution in [0.4, 0.5) is 11.4 Å². The third-order valence-corrected chi connectivity index (χ3v) is 7.42. The minimum absolute atomic E-state index is 0.925. The number of rotatable bonds is 3. The van der Waals surface area contributed by atoms with Crippen molar-refractivity contribution in [3.63, 3.8) is 0 Å². The van der Waals surface area contributed by atoms with E-state index in [9.17, 15) is 0 Å². The van der Waals surface area contributed by atoms with Gasteiger partial charge in [-0.2, -0.15) is 0 Å². The van der Waals surface area contributed by atoms with Crippen LogP contribution in [0, 0.1) is 0 Å². The molecule has 2 heterocycles. The number of hydrogen-bond donors (Lipinski definition) is 1. The van der Waals surface area contributed by atoms with E-state index in [1.807, 2.05) is 23.5 Å². The number of nitrogens with one attached hydrogen (secondary N) is 1. The molecule has 0 saturated heterocycles. The van der Waals surface area contributed by atoms with E-state index in [0.29, 0.717) is 0 Å². The van der Waals surface area contributed by atoms with Crippen molar-refractivity contribution in [3.05, 3.63) is 109 Å². The largest absolute Gasteiger partial charge is 0.455 e. The molecule has 0 atom stereocenters. The first-order valence-electron chi connectivity index (χ1n) is 11.0. The lowest BCUT2D eigenvalue weighted by Gasteiger charge is -2.10. The lowest BCUT2D eigenvalue weighted by atomic mass is 10.0. The van der Waals surface area contributed by atoms with Gasteiger partial charge in [0.15, 0.2) is 0 Å². The Morgan fingerprint density at radius 3 is 2.21 bits per heavy atom. The zero-order chi connectivity index (χ0) is 21.8. The smallest absolute Gasteiger partial charge is 0.143 e. The number of thiophene rings is 1. The van der Waals surface area contributed by atoms with Gasteiger partial charge in [-0.3, -0.25) is 0 Å². The van der Waals surface area contributed by atoms with Gasteiger partial charge in [0, 0.05) is 47.9 Å². The first-order valence-corrected chi connectivity index (χ1v) is 11.8. The van der Waals surface area contributed by atoms with Crippen LogP contribution in [0.2, 0.25) is 0 Å². The van der Waals surface area contributed by atoms with Crippen LogP contribution in [0.15, 0.2) is 114 Å². The van der Waals surface area contributed by atoms with Crippen molar-refractivity contribution in [2.45, 2.75) is 0 Å². The van der Waals surface area contributed by atoms with Crippen LogP contribution in [0.1, 0.15) is 0 Å². The Kier molecular flexibility index (Phi) is 4.05. The molecule has 0 bridgehead atoms. The number of benzene rings is 5. The number of anilines is 2. The van der Waals surface area contributed by atoms with E-state index in [-0.39, 0.29) is 0 Å². The third kappa shape index (κ3) is 2.94. The van der Waals surface area contributed by atoms with Crippen LogP contribution in [0.3, 0.4) is 0 Å². The van der Waals surface area contributed by atoms with Crippen molar-refractivity contribution in [2.75, 3.05) is 5.32 Å². The van der Waals surface area contributed by atoms with E-state index in [1.165, 1.54) is 20.2 Å². The topological polar surface area (TPSA) is 25.2 Å². The second kappa shape index (κ2) is 7.22. The van der Waals surface area contributed by atoms with Gasteiger partial charge >= 0.3 is 0 Å². The molecule has 2 nitrogen and oxygen atoms in total. The van der Waals surface area contributed by atoms with Gasteiger partial charge in [-0.15, -0.1) is 11.3 Å². The maximum atomic E-state index is 6.23. The molecule has 0 unspecified atom stereocenters. The molecule has 0 aliphatic carbocycles. The molecule has 0 amide bonds. The Balaban J connectivity index is 1.29. The highest BCUT2D eigenvalue weighted by molar-refractivity contribution is 7.25. The van der Waals surface area contributed by atoms with Crippen LogP contribution in [-0.4, -0.2) is 0 Å². The number of fused-ring (bicyclic) bond motifs is 6. The van der Waals surface area contributed by atoms with Gasteiger partial charge in [0.25, 0.3) is 0 Å². The first kappa shape index (κ1) is 18.5. The molecule has 156 valence electrons. The standard InChI is InChI=1S/C30H19NOS/c1-3-12-26-22(7-1)23-10-5-9-21(30(23)32-26)19-15-17-20(18-16-19)31-25-11-6-14-28-29(25)24-8-2-4-13-27(24)33-28/h1-18,31H. The summed E-state index contributed by atoms with van der Waals surface area (Å²) in [5.41, 5.74) is 6.32. The minimum atomic E-state index is 0.925.